The van der Waals surface area contributed by atoms with Crippen molar-refractivity contribution in [2.45, 2.75) is 45.6 Å². The Bertz CT molecular complexity index is 850. The van der Waals surface area contributed by atoms with E-state index in [2.05, 4.69) is 79.6 Å². The highest BCUT2D eigenvalue weighted by molar-refractivity contribution is 5.72. The van der Waals surface area contributed by atoms with E-state index in [-0.39, 0.29) is 6.10 Å². The maximum atomic E-state index is 6.22. The first-order valence-corrected chi connectivity index (χ1v) is 10.1. The van der Waals surface area contributed by atoms with Crippen LogP contribution in [0.1, 0.15) is 43.4 Å². The zero-order chi connectivity index (χ0) is 18.6. The number of ether oxygens (including phenoxy) is 1. The average Bonchev–Trinajstić information content (AvgIpc) is 2.65. The van der Waals surface area contributed by atoms with Gasteiger partial charge in [0, 0.05) is 13.1 Å². The molecule has 0 N–H and O–H groups in total. The van der Waals surface area contributed by atoms with Gasteiger partial charge in [0.05, 0.1) is 6.10 Å². The Kier molecular flexibility index (Phi) is 5.33. The van der Waals surface area contributed by atoms with Crippen molar-refractivity contribution in [3.05, 3.63) is 83.1 Å². The van der Waals surface area contributed by atoms with Gasteiger partial charge in [0.25, 0.3) is 0 Å². The van der Waals surface area contributed by atoms with Crippen LogP contribution < -0.4 is 4.74 Å². The lowest BCUT2D eigenvalue weighted by Gasteiger charge is -2.30. The Morgan fingerprint density at radius 1 is 1.07 bits per heavy atom. The summed E-state index contributed by atoms with van der Waals surface area (Å²) in [7, 11) is 0. The molecule has 1 unspecified atom stereocenters. The fourth-order valence-corrected chi connectivity index (χ4v) is 4.00. The van der Waals surface area contributed by atoms with Crippen LogP contribution in [0.3, 0.4) is 0 Å². The number of hydrogen-bond donors (Lipinski definition) is 0. The van der Waals surface area contributed by atoms with Crippen LogP contribution in [0.2, 0.25) is 0 Å². The van der Waals surface area contributed by atoms with Crippen LogP contribution in [0.25, 0.3) is 5.57 Å². The van der Waals surface area contributed by atoms with E-state index in [0.29, 0.717) is 0 Å². The molecule has 1 aliphatic carbocycles. The molecule has 4 rings (SSSR count). The van der Waals surface area contributed by atoms with Gasteiger partial charge >= 0.3 is 0 Å². The summed E-state index contributed by atoms with van der Waals surface area (Å²) < 4.78 is 6.22. The number of benzene rings is 2. The standard InChI is InChI=1S/C25H29NO/c1-19(9-10-21-7-4-3-5-8-21)27-24-13-14-25-20(2)23(12-11-22(25)17-24)18-26-15-6-16-26/h3-8,13-15,17,19H,9-12,16,18H2,1-2H3. The zero-order valence-corrected chi connectivity index (χ0v) is 16.4. The van der Waals surface area contributed by atoms with Crippen molar-refractivity contribution in [2.24, 2.45) is 0 Å². The summed E-state index contributed by atoms with van der Waals surface area (Å²) in [5.74, 6) is 1.01. The molecule has 0 bridgehead atoms. The van der Waals surface area contributed by atoms with E-state index in [1.807, 2.05) is 0 Å². The number of allylic oxidation sites excluding steroid dienone is 1. The third kappa shape index (κ3) is 4.27. The van der Waals surface area contributed by atoms with Gasteiger partial charge in [0.1, 0.15) is 5.75 Å². The summed E-state index contributed by atoms with van der Waals surface area (Å²) >= 11 is 0. The summed E-state index contributed by atoms with van der Waals surface area (Å²) in [6, 6.07) is 17.3. The van der Waals surface area contributed by atoms with Crippen molar-refractivity contribution in [3.8, 4) is 5.75 Å². The van der Waals surface area contributed by atoms with Gasteiger partial charge in [-0.25, -0.2) is 0 Å². The molecule has 0 saturated carbocycles. The third-order valence-corrected chi connectivity index (χ3v) is 5.78. The van der Waals surface area contributed by atoms with Gasteiger partial charge < -0.3 is 9.64 Å². The second-order valence-corrected chi connectivity index (χ2v) is 7.81. The van der Waals surface area contributed by atoms with E-state index >= 15 is 0 Å². The molecule has 0 saturated heterocycles. The number of hydrogen-bond acceptors (Lipinski definition) is 2. The van der Waals surface area contributed by atoms with Crippen LogP contribution in [0, 0.1) is 0 Å². The van der Waals surface area contributed by atoms with Crippen molar-refractivity contribution in [1.82, 2.24) is 4.90 Å². The van der Waals surface area contributed by atoms with Gasteiger partial charge in [0.15, 0.2) is 0 Å². The Balaban J connectivity index is 1.39. The number of aryl methyl sites for hydroxylation is 2. The maximum Gasteiger partial charge on any atom is 0.120 e. The van der Waals surface area contributed by atoms with Gasteiger partial charge in [-0.2, -0.15) is 0 Å². The molecule has 2 aromatic rings. The molecule has 0 fully saturated rings. The molecule has 0 radical (unpaired) electrons. The molecule has 0 amide bonds. The number of rotatable bonds is 7. The minimum Gasteiger partial charge on any atom is -0.491 e. The lowest BCUT2D eigenvalue weighted by molar-refractivity contribution is 0.211. The van der Waals surface area contributed by atoms with Crippen LogP contribution in [0.15, 0.2) is 66.4 Å². The van der Waals surface area contributed by atoms with Gasteiger partial charge in [0.2, 0.25) is 0 Å². The van der Waals surface area contributed by atoms with E-state index in [9.17, 15) is 0 Å². The van der Waals surface area contributed by atoms with Gasteiger partial charge in [-0.15, -0.1) is 0 Å². The van der Waals surface area contributed by atoms with E-state index in [1.54, 1.807) is 5.57 Å². The van der Waals surface area contributed by atoms with Crippen LogP contribution >= 0.6 is 0 Å². The molecule has 0 aromatic heterocycles. The third-order valence-electron chi connectivity index (χ3n) is 5.78. The first-order valence-electron chi connectivity index (χ1n) is 10.1. The monoisotopic (exact) mass is 359 g/mol. The molecule has 140 valence electrons. The molecule has 1 atom stereocenters. The Morgan fingerprint density at radius 3 is 2.63 bits per heavy atom. The predicted octanol–water partition coefficient (Wildman–Crippen LogP) is 5.64. The summed E-state index contributed by atoms with van der Waals surface area (Å²) in [5.41, 5.74) is 7.26. The Labute approximate surface area is 163 Å². The van der Waals surface area contributed by atoms with Crippen LogP contribution in [0.4, 0.5) is 0 Å². The van der Waals surface area contributed by atoms with Crippen LogP contribution in [0.5, 0.6) is 5.75 Å². The molecule has 27 heavy (non-hydrogen) atoms. The van der Waals surface area contributed by atoms with Crippen molar-refractivity contribution < 1.29 is 4.74 Å². The molecule has 2 heteroatoms. The van der Waals surface area contributed by atoms with E-state index in [1.165, 1.54) is 22.3 Å². The topological polar surface area (TPSA) is 12.5 Å². The zero-order valence-electron chi connectivity index (χ0n) is 16.4. The normalized spacial score (nSPS) is 16.7. The molecule has 2 aromatic carbocycles. The molecule has 1 aliphatic heterocycles. The van der Waals surface area contributed by atoms with Crippen LogP contribution in [-0.4, -0.2) is 24.1 Å². The van der Waals surface area contributed by atoms with Gasteiger partial charge in [-0.05, 0) is 91.8 Å². The lowest BCUT2D eigenvalue weighted by atomic mass is 9.86. The SMILES string of the molecule is CC1=C(CN2C=CC2)CCc2cc(OC(C)CCc3ccccc3)ccc21. The molecule has 2 nitrogen and oxygen atoms in total. The highest BCUT2D eigenvalue weighted by atomic mass is 16.5. The average molecular weight is 360 g/mol. The molecular weight excluding hydrogens is 330 g/mol. The fourth-order valence-electron chi connectivity index (χ4n) is 4.00. The van der Waals surface area contributed by atoms with Crippen molar-refractivity contribution >= 4 is 5.57 Å². The van der Waals surface area contributed by atoms with Crippen LogP contribution in [-0.2, 0) is 12.8 Å². The summed E-state index contributed by atoms with van der Waals surface area (Å²) in [6.07, 6.45) is 9.01. The summed E-state index contributed by atoms with van der Waals surface area (Å²) in [5, 5.41) is 0. The summed E-state index contributed by atoms with van der Waals surface area (Å²) in [6.45, 7) is 6.62. The molecule has 1 heterocycles. The smallest absolute Gasteiger partial charge is 0.120 e. The quantitative estimate of drug-likeness (QED) is 0.635. The first kappa shape index (κ1) is 17.9. The number of fused-ring (bicyclic) bond motifs is 1. The molecular formula is C25H29NO. The van der Waals surface area contributed by atoms with Gasteiger partial charge in [-0.3, -0.25) is 0 Å². The van der Waals surface area contributed by atoms with Crippen molar-refractivity contribution in [2.75, 3.05) is 13.1 Å². The summed E-state index contributed by atoms with van der Waals surface area (Å²) in [4.78, 5) is 2.38. The van der Waals surface area contributed by atoms with Crippen molar-refractivity contribution in [1.29, 1.82) is 0 Å². The highest BCUT2D eigenvalue weighted by Gasteiger charge is 2.19. The largest absolute Gasteiger partial charge is 0.491 e. The Morgan fingerprint density at radius 2 is 1.89 bits per heavy atom. The van der Waals surface area contributed by atoms with E-state index < -0.39 is 0 Å². The highest BCUT2D eigenvalue weighted by Crippen LogP contribution is 2.34. The van der Waals surface area contributed by atoms with Gasteiger partial charge in [-0.1, -0.05) is 36.4 Å². The van der Waals surface area contributed by atoms with E-state index in [4.69, 9.17) is 4.74 Å². The first-order chi connectivity index (χ1) is 13.2. The maximum absolute atomic E-state index is 6.22. The molecule has 2 aliphatic rings. The Hall–Kier alpha value is -2.48. The van der Waals surface area contributed by atoms with Crippen molar-refractivity contribution in [3.63, 3.8) is 0 Å². The second kappa shape index (κ2) is 8.04. The minimum atomic E-state index is 0.220. The minimum absolute atomic E-state index is 0.220. The predicted molar refractivity (Wildman–Crippen MR) is 113 cm³/mol. The lowest BCUT2D eigenvalue weighted by Crippen LogP contribution is -2.27. The second-order valence-electron chi connectivity index (χ2n) is 7.81. The number of nitrogens with zero attached hydrogens (tertiary/aromatic N) is 1. The fraction of sp³-hybridized carbons (Fsp3) is 0.360. The van der Waals surface area contributed by atoms with E-state index in [0.717, 1.165) is 44.5 Å². The molecule has 0 spiro atoms.